The van der Waals surface area contributed by atoms with Crippen LogP contribution in [0.15, 0.2) is 25.6 Å². The van der Waals surface area contributed by atoms with Gasteiger partial charge in [0, 0.05) is 24.5 Å². The number of nitrogens with zero attached hydrogens (tertiary/aromatic N) is 2. The monoisotopic (exact) mass is 120 g/mol. The fourth-order valence-electron chi connectivity index (χ4n) is 0.570. The van der Waals surface area contributed by atoms with Crippen molar-refractivity contribution < 1.29 is 0 Å². The molecule has 0 spiro atoms. The Labute approximate surface area is 55.1 Å². The van der Waals surface area contributed by atoms with Crippen LogP contribution in [0, 0.1) is 12.1 Å². The van der Waals surface area contributed by atoms with Crippen molar-refractivity contribution in [1.82, 2.24) is 9.80 Å². The SMILES string of the molecule is C=CN1C#CN(C=C)C1. The van der Waals surface area contributed by atoms with Crippen molar-refractivity contribution in [2.24, 2.45) is 0 Å². The van der Waals surface area contributed by atoms with Gasteiger partial charge in [-0.1, -0.05) is 13.2 Å². The molecular weight excluding hydrogens is 112 g/mol. The van der Waals surface area contributed by atoms with Gasteiger partial charge in [0.05, 0.1) is 0 Å². The highest BCUT2D eigenvalue weighted by molar-refractivity contribution is 5.09. The molecule has 2 heteroatoms. The highest BCUT2D eigenvalue weighted by Gasteiger charge is 2.03. The topological polar surface area (TPSA) is 6.48 Å². The normalized spacial score (nSPS) is 14.7. The van der Waals surface area contributed by atoms with Crippen molar-refractivity contribution in [1.29, 1.82) is 0 Å². The molecule has 0 aromatic carbocycles. The van der Waals surface area contributed by atoms with E-state index < -0.39 is 0 Å². The summed E-state index contributed by atoms with van der Waals surface area (Å²) in [5.41, 5.74) is 0. The van der Waals surface area contributed by atoms with E-state index in [1.807, 2.05) is 0 Å². The molecule has 0 fully saturated rings. The summed E-state index contributed by atoms with van der Waals surface area (Å²) < 4.78 is 0. The highest BCUT2D eigenvalue weighted by Crippen LogP contribution is 1.97. The number of hydrogen-bond acceptors (Lipinski definition) is 2. The Morgan fingerprint density at radius 2 is 1.56 bits per heavy atom. The zero-order valence-electron chi connectivity index (χ0n) is 5.17. The maximum Gasteiger partial charge on any atom is 0.114 e. The van der Waals surface area contributed by atoms with Crippen LogP contribution in [0.2, 0.25) is 0 Å². The van der Waals surface area contributed by atoms with Crippen molar-refractivity contribution in [3.63, 3.8) is 0 Å². The van der Waals surface area contributed by atoms with E-state index in [9.17, 15) is 0 Å². The molecular formula is C7H8N2. The fourth-order valence-corrected chi connectivity index (χ4v) is 0.570. The van der Waals surface area contributed by atoms with E-state index in [0.717, 1.165) is 6.67 Å². The minimum absolute atomic E-state index is 0.729. The summed E-state index contributed by atoms with van der Waals surface area (Å²) in [4.78, 5) is 3.59. The first-order valence-corrected chi connectivity index (χ1v) is 2.66. The van der Waals surface area contributed by atoms with Crippen LogP contribution in [0.4, 0.5) is 0 Å². The van der Waals surface area contributed by atoms with Gasteiger partial charge >= 0.3 is 0 Å². The largest absolute Gasteiger partial charge is 0.288 e. The third-order valence-corrected chi connectivity index (χ3v) is 1.08. The third kappa shape index (κ3) is 1.06. The van der Waals surface area contributed by atoms with E-state index in [-0.39, 0.29) is 0 Å². The Morgan fingerprint density at radius 1 is 1.11 bits per heavy atom. The standard InChI is InChI=1S/C7H8N2/c1-3-8-5-6-9(4-2)7-8/h3-4H,1-2,7H2. The number of rotatable bonds is 2. The first-order chi connectivity index (χ1) is 4.36. The Kier molecular flexibility index (Phi) is 1.46. The fraction of sp³-hybridized carbons (Fsp3) is 0.143. The van der Waals surface area contributed by atoms with Gasteiger partial charge < -0.3 is 0 Å². The minimum Gasteiger partial charge on any atom is -0.288 e. The molecule has 0 N–H and O–H groups in total. The smallest absolute Gasteiger partial charge is 0.114 e. The van der Waals surface area contributed by atoms with Crippen LogP contribution >= 0.6 is 0 Å². The van der Waals surface area contributed by atoms with Crippen LogP contribution in [-0.2, 0) is 0 Å². The van der Waals surface area contributed by atoms with Gasteiger partial charge in [0.15, 0.2) is 0 Å². The molecule has 0 aliphatic carbocycles. The predicted molar refractivity (Wildman–Crippen MR) is 36.7 cm³/mol. The molecule has 0 unspecified atom stereocenters. The van der Waals surface area contributed by atoms with E-state index in [0.29, 0.717) is 0 Å². The molecule has 46 valence electrons. The van der Waals surface area contributed by atoms with E-state index >= 15 is 0 Å². The third-order valence-electron chi connectivity index (χ3n) is 1.08. The quantitative estimate of drug-likeness (QED) is 0.496. The molecule has 0 saturated carbocycles. The molecule has 0 radical (unpaired) electrons. The first kappa shape index (κ1) is 5.77. The van der Waals surface area contributed by atoms with Crippen LogP contribution in [0.1, 0.15) is 0 Å². The average molecular weight is 120 g/mol. The molecule has 2 nitrogen and oxygen atoms in total. The van der Waals surface area contributed by atoms with Crippen LogP contribution in [-0.4, -0.2) is 16.5 Å². The predicted octanol–water partition coefficient (Wildman–Crippen LogP) is 0.767. The molecule has 1 aliphatic rings. The molecule has 0 atom stereocenters. The Morgan fingerprint density at radius 3 is 1.78 bits per heavy atom. The molecule has 0 aromatic heterocycles. The van der Waals surface area contributed by atoms with Crippen LogP contribution in [0.25, 0.3) is 0 Å². The lowest BCUT2D eigenvalue weighted by Crippen LogP contribution is -2.17. The maximum absolute atomic E-state index is 3.57. The molecule has 0 amide bonds. The maximum atomic E-state index is 3.57. The van der Waals surface area contributed by atoms with Gasteiger partial charge in [-0.25, -0.2) is 0 Å². The summed E-state index contributed by atoms with van der Waals surface area (Å²) in [5.74, 6) is 0. The van der Waals surface area contributed by atoms with Crippen molar-refractivity contribution in [2.75, 3.05) is 6.67 Å². The molecule has 9 heavy (non-hydrogen) atoms. The van der Waals surface area contributed by atoms with Crippen molar-refractivity contribution in [3.8, 4) is 12.1 Å². The Hall–Kier alpha value is -1.36. The number of hydrogen-bond donors (Lipinski definition) is 0. The van der Waals surface area contributed by atoms with E-state index in [1.165, 1.54) is 0 Å². The molecule has 0 bridgehead atoms. The second kappa shape index (κ2) is 2.27. The van der Waals surface area contributed by atoms with Gasteiger partial charge in [0.1, 0.15) is 6.67 Å². The zero-order valence-corrected chi connectivity index (χ0v) is 5.17. The summed E-state index contributed by atoms with van der Waals surface area (Å²) in [5, 5.41) is 0. The van der Waals surface area contributed by atoms with Crippen molar-refractivity contribution in [2.45, 2.75) is 0 Å². The lowest BCUT2D eigenvalue weighted by molar-refractivity contribution is 0.404. The van der Waals surface area contributed by atoms with E-state index in [4.69, 9.17) is 0 Å². The summed E-state index contributed by atoms with van der Waals surface area (Å²) in [6.07, 6.45) is 3.38. The Balaban J connectivity index is 2.52. The van der Waals surface area contributed by atoms with Crippen LogP contribution < -0.4 is 0 Å². The molecule has 0 aromatic rings. The lowest BCUT2D eigenvalue weighted by atomic mass is 10.7. The average Bonchev–Trinajstić information content (AvgIpc) is 2.34. The highest BCUT2D eigenvalue weighted by atomic mass is 15.3. The summed E-state index contributed by atoms with van der Waals surface area (Å²) in [6, 6.07) is 5.65. The molecule has 1 aliphatic heterocycles. The lowest BCUT2D eigenvalue weighted by Gasteiger charge is -2.10. The van der Waals surface area contributed by atoms with Gasteiger partial charge in [0.25, 0.3) is 0 Å². The van der Waals surface area contributed by atoms with E-state index in [2.05, 4.69) is 25.2 Å². The van der Waals surface area contributed by atoms with Gasteiger partial charge in [0.2, 0.25) is 0 Å². The van der Waals surface area contributed by atoms with Crippen LogP contribution in [0.5, 0.6) is 0 Å². The Bertz CT molecular complexity index is 167. The van der Waals surface area contributed by atoms with Gasteiger partial charge in [-0.2, -0.15) is 0 Å². The van der Waals surface area contributed by atoms with Crippen LogP contribution in [0.3, 0.4) is 0 Å². The summed E-state index contributed by atoms with van der Waals surface area (Å²) >= 11 is 0. The van der Waals surface area contributed by atoms with Crippen molar-refractivity contribution in [3.05, 3.63) is 25.6 Å². The van der Waals surface area contributed by atoms with Gasteiger partial charge in [-0.15, -0.1) is 0 Å². The zero-order chi connectivity index (χ0) is 6.69. The van der Waals surface area contributed by atoms with Crippen molar-refractivity contribution >= 4 is 0 Å². The second-order valence-corrected chi connectivity index (χ2v) is 1.67. The first-order valence-electron chi connectivity index (χ1n) is 2.66. The molecule has 1 rings (SSSR count). The van der Waals surface area contributed by atoms with Gasteiger partial charge in [-0.05, 0) is 0 Å². The minimum atomic E-state index is 0.729. The summed E-state index contributed by atoms with van der Waals surface area (Å²) in [6.45, 7) is 7.88. The van der Waals surface area contributed by atoms with E-state index in [1.54, 1.807) is 22.2 Å². The molecule has 1 heterocycles. The second-order valence-electron chi connectivity index (χ2n) is 1.67. The summed E-state index contributed by atoms with van der Waals surface area (Å²) in [7, 11) is 0. The van der Waals surface area contributed by atoms with Gasteiger partial charge in [-0.3, -0.25) is 9.80 Å². The molecule has 0 saturated heterocycles.